The van der Waals surface area contributed by atoms with E-state index in [1.54, 1.807) is 6.07 Å². The molecule has 1 aliphatic carbocycles. The number of ketones is 1. The number of hydrogen-bond donors (Lipinski definition) is 0. The van der Waals surface area contributed by atoms with E-state index in [0.29, 0.717) is 4.47 Å². The van der Waals surface area contributed by atoms with Crippen molar-refractivity contribution in [1.29, 1.82) is 0 Å². The maximum absolute atomic E-state index is 13.8. The van der Waals surface area contributed by atoms with Crippen LogP contribution in [0.25, 0.3) is 0 Å². The first-order chi connectivity index (χ1) is 9.63. The third-order valence-corrected chi connectivity index (χ3v) is 4.25. The van der Waals surface area contributed by atoms with Crippen molar-refractivity contribution in [2.24, 2.45) is 0 Å². The van der Waals surface area contributed by atoms with Crippen LogP contribution in [-0.4, -0.2) is 5.78 Å². The van der Waals surface area contributed by atoms with E-state index in [0.717, 1.165) is 18.4 Å². The van der Waals surface area contributed by atoms with Crippen molar-refractivity contribution in [3.63, 3.8) is 0 Å². The monoisotopic (exact) mass is 332 g/mol. The van der Waals surface area contributed by atoms with Crippen LogP contribution in [0.15, 0.2) is 40.9 Å². The molecule has 3 heteroatoms. The minimum Gasteiger partial charge on any atom is -0.294 e. The molecule has 1 aliphatic rings. The Hall–Kier alpha value is -1.48. The molecule has 0 atom stereocenters. The van der Waals surface area contributed by atoms with Crippen LogP contribution in [0.3, 0.4) is 0 Å². The molecule has 2 aromatic rings. The standard InChI is InChI=1S/C17H14BrFO/c18-14-6-7-15(16(19)10-14)17(20)9-11-4-5-12-2-1-3-13(12)8-11/h4-8,10H,1-3,9H2. The molecule has 3 rings (SSSR count). The Kier molecular flexibility index (Phi) is 3.70. The molecule has 102 valence electrons. The van der Waals surface area contributed by atoms with Gasteiger partial charge in [-0.15, -0.1) is 0 Å². The van der Waals surface area contributed by atoms with E-state index < -0.39 is 5.82 Å². The number of Topliss-reactive ketones (excluding diaryl/α,β-unsaturated/α-hetero) is 1. The maximum atomic E-state index is 13.8. The molecule has 0 bridgehead atoms. The number of rotatable bonds is 3. The number of fused-ring (bicyclic) bond motifs is 1. The fourth-order valence-electron chi connectivity index (χ4n) is 2.73. The molecule has 0 fully saturated rings. The Balaban J connectivity index is 1.82. The van der Waals surface area contributed by atoms with E-state index in [4.69, 9.17) is 0 Å². The van der Waals surface area contributed by atoms with Crippen LogP contribution in [0, 0.1) is 5.82 Å². The maximum Gasteiger partial charge on any atom is 0.170 e. The molecule has 20 heavy (non-hydrogen) atoms. The zero-order chi connectivity index (χ0) is 14.1. The molecule has 0 saturated carbocycles. The van der Waals surface area contributed by atoms with Gasteiger partial charge in [-0.3, -0.25) is 4.79 Å². The molecule has 0 aliphatic heterocycles. The molecule has 0 spiro atoms. The lowest BCUT2D eigenvalue weighted by atomic mass is 9.99. The SMILES string of the molecule is O=C(Cc1ccc2c(c1)CCC2)c1ccc(Br)cc1F. The summed E-state index contributed by atoms with van der Waals surface area (Å²) in [4.78, 5) is 12.2. The number of aryl methyl sites for hydroxylation is 2. The zero-order valence-electron chi connectivity index (χ0n) is 11.0. The van der Waals surface area contributed by atoms with Gasteiger partial charge < -0.3 is 0 Å². The molecular weight excluding hydrogens is 319 g/mol. The normalized spacial score (nSPS) is 13.3. The smallest absolute Gasteiger partial charge is 0.170 e. The van der Waals surface area contributed by atoms with Gasteiger partial charge in [0.05, 0.1) is 5.56 Å². The van der Waals surface area contributed by atoms with E-state index in [1.807, 2.05) is 6.07 Å². The molecule has 2 aromatic carbocycles. The summed E-state index contributed by atoms with van der Waals surface area (Å²) in [5.41, 5.74) is 3.86. The minimum absolute atomic E-state index is 0.161. The molecule has 1 nitrogen and oxygen atoms in total. The van der Waals surface area contributed by atoms with Crippen LogP contribution in [0.2, 0.25) is 0 Å². The highest BCUT2D eigenvalue weighted by Gasteiger charge is 2.15. The summed E-state index contributed by atoms with van der Waals surface area (Å²) in [5, 5.41) is 0. The average molecular weight is 333 g/mol. The van der Waals surface area contributed by atoms with Gasteiger partial charge in [-0.1, -0.05) is 34.1 Å². The lowest BCUT2D eigenvalue weighted by molar-refractivity contribution is 0.0989. The van der Waals surface area contributed by atoms with E-state index in [-0.39, 0.29) is 17.8 Å². The van der Waals surface area contributed by atoms with Crippen molar-refractivity contribution in [3.05, 3.63) is 68.9 Å². The Morgan fingerprint density at radius 2 is 1.90 bits per heavy atom. The van der Waals surface area contributed by atoms with Crippen molar-refractivity contribution in [2.45, 2.75) is 25.7 Å². The Labute approximate surface area is 126 Å². The van der Waals surface area contributed by atoms with Crippen molar-refractivity contribution in [1.82, 2.24) is 0 Å². The topological polar surface area (TPSA) is 17.1 Å². The summed E-state index contributed by atoms with van der Waals surface area (Å²) in [5.74, 6) is -0.640. The van der Waals surface area contributed by atoms with Crippen molar-refractivity contribution >= 4 is 21.7 Å². The fourth-order valence-corrected chi connectivity index (χ4v) is 3.06. The lowest BCUT2D eigenvalue weighted by Crippen LogP contribution is -2.06. The van der Waals surface area contributed by atoms with Gasteiger partial charge in [0.2, 0.25) is 0 Å². The zero-order valence-corrected chi connectivity index (χ0v) is 12.5. The third-order valence-electron chi connectivity index (χ3n) is 3.76. The van der Waals surface area contributed by atoms with Crippen LogP contribution in [0.4, 0.5) is 4.39 Å². The summed E-state index contributed by atoms with van der Waals surface area (Å²) >= 11 is 3.19. The molecule has 0 N–H and O–H groups in total. The number of benzene rings is 2. The summed E-state index contributed by atoms with van der Waals surface area (Å²) in [6.45, 7) is 0. The van der Waals surface area contributed by atoms with Gasteiger partial charge in [-0.2, -0.15) is 0 Å². The van der Waals surface area contributed by atoms with Gasteiger partial charge in [-0.25, -0.2) is 4.39 Å². The quantitative estimate of drug-likeness (QED) is 0.756. The average Bonchev–Trinajstić information content (AvgIpc) is 2.85. The molecule has 0 aromatic heterocycles. The Morgan fingerprint density at radius 3 is 2.70 bits per heavy atom. The lowest BCUT2D eigenvalue weighted by Gasteiger charge is -2.06. The summed E-state index contributed by atoms with van der Waals surface area (Å²) in [7, 11) is 0. The number of carbonyl (C=O) groups excluding carboxylic acids is 1. The highest BCUT2D eigenvalue weighted by atomic mass is 79.9. The summed E-state index contributed by atoms with van der Waals surface area (Å²) < 4.78 is 14.4. The van der Waals surface area contributed by atoms with E-state index in [1.165, 1.54) is 29.7 Å². The summed E-state index contributed by atoms with van der Waals surface area (Å²) in [6, 6.07) is 10.7. The van der Waals surface area contributed by atoms with Crippen molar-refractivity contribution in [2.75, 3.05) is 0 Å². The van der Waals surface area contributed by atoms with Crippen LogP contribution < -0.4 is 0 Å². The van der Waals surface area contributed by atoms with Gasteiger partial charge in [0, 0.05) is 10.9 Å². The van der Waals surface area contributed by atoms with Crippen LogP contribution in [-0.2, 0) is 19.3 Å². The second-order valence-corrected chi connectivity index (χ2v) is 6.10. The van der Waals surface area contributed by atoms with Gasteiger partial charge in [0.25, 0.3) is 0 Å². The third kappa shape index (κ3) is 2.68. The predicted octanol–water partition coefficient (Wildman–Crippen LogP) is 4.50. The second kappa shape index (κ2) is 5.49. The van der Waals surface area contributed by atoms with Gasteiger partial charge >= 0.3 is 0 Å². The predicted molar refractivity (Wildman–Crippen MR) is 80.6 cm³/mol. The van der Waals surface area contributed by atoms with Crippen molar-refractivity contribution in [3.8, 4) is 0 Å². The highest BCUT2D eigenvalue weighted by molar-refractivity contribution is 9.10. The molecule has 0 radical (unpaired) electrons. The van der Waals surface area contributed by atoms with Gasteiger partial charge in [-0.05, 0) is 54.2 Å². The largest absolute Gasteiger partial charge is 0.294 e. The first-order valence-electron chi connectivity index (χ1n) is 6.72. The Bertz CT molecular complexity index is 679. The van der Waals surface area contributed by atoms with Gasteiger partial charge in [0.15, 0.2) is 5.78 Å². The van der Waals surface area contributed by atoms with Crippen LogP contribution in [0.1, 0.15) is 33.5 Å². The Morgan fingerprint density at radius 1 is 1.10 bits per heavy atom. The number of hydrogen-bond acceptors (Lipinski definition) is 1. The van der Waals surface area contributed by atoms with Crippen molar-refractivity contribution < 1.29 is 9.18 Å². The second-order valence-electron chi connectivity index (χ2n) is 5.18. The fraction of sp³-hybridized carbons (Fsp3) is 0.235. The minimum atomic E-state index is -0.467. The van der Waals surface area contributed by atoms with E-state index >= 15 is 0 Å². The molecule has 0 saturated heterocycles. The molecule has 0 unspecified atom stereocenters. The highest BCUT2D eigenvalue weighted by Crippen LogP contribution is 2.24. The molecule has 0 amide bonds. The summed E-state index contributed by atoms with van der Waals surface area (Å²) in [6.07, 6.45) is 3.66. The molecular formula is C17H14BrFO. The number of carbonyl (C=O) groups is 1. The first-order valence-corrected chi connectivity index (χ1v) is 7.52. The van der Waals surface area contributed by atoms with E-state index in [2.05, 4.69) is 28.1 Å². The van der Waals surface area contributed by atoms with Crippen LogP contribution in [0.5, 0.6) is 0 Å². The van der Waals surface area contributed by atoms with Crippen LogP contribution >= 0.6 is 15.9 Å². The molecule has 0 heterocycles. The first kappa shape index (κ1) is 13.5. The van der Waals surface area contributed by atoms with Gasteiger partial charge in [0.1, 0.15) is 5.82 Å². The number of halogens is 2. The van der Waals surface area contributed by atoms with E-state index in [9.17, 15) is 9.18 Å².